The Bertz CT molecular complexity index is 1610. The lowest BCUT2D eigenvalue weighted by molar-refractivity contribution is -0.115. The summed E-state index contributed by atoms with van der Waals surface area (Å²) in [5.74, 6) is -0.202. The number of hydrogen-bond donors (Lipinski definition) is 0. The monoisotopic (exact) mass is 591 g/mol. The van der Waals surface area contributed by atoms with E-state index in [1.54, 1.807) is 12.1 Å². The summed E-state index contributed by atoms with van der Waals surface area (Å²) in [7, 11) is -3.67. The normalized spacial score (nSPS) is 15.1. The third-order valence-corrected chi connectivity index (χ3v) is 9.45. The number of morpholine rings is 1. The molecule has 198 valence electrons. The van der Waals surface area contributed by atoms with Crippen LogP contribution < -0.4 is 4.80 Å². The van der Waals surface area contributed by atoms with Gasteiger partial charge in [0, 0.05) is 35.3 Å². The van der Waals surface area contributed by atoms with Crippen LogP contribution in [-0.4, -0.2) is 65.5 Å². The molecule has 1 fully saturated rings. The van der Waals surface area contributed by atoms with Gasteiger partial charge < -0.3 is 13.7 Å². The Morgan fingerprint density at radius 3 is 2.76 bits per heavy atom. The molecule has 0 N–H and O–H groups in total. The van der Waals surface area contributed by atoms with Crippen molar-refractivity contribution in [2.75, 3.05) is 32.1 Å². The molecular formula is C24H22ClN5O5S3. The van der Waals surface area contributed by atoms with Crippen LogP contribution >= 0.6 is 34.7 Å². The van der Waals surface area contributed by atoms with Crippen LogP contribution in [0.5, 0.6) is 0 Å². The fourth-order valence-electron chi connectivity index (χ4n) is 3.69. The third-order valence-electron chi connectivity index (χ3n) is 5.59. The summed E-state index contributed by atoms with van der Waals surface area (Å²) < 4.78 is 40.1. The van der Waals surface area contributed by atoms with E-state index < -0.39 is 10.0 Å². The van der Waals surface area contributed by atoms with Crippen molar-refractivity contribution < 1.29 is 22.4 Å². The van der Waals surface area contributed by atoms with E-state index in [1.165, 1.54) is 27.8 Å². The topological polar surface area (TPSA) is 120 Å². The van der Waals surface area contributed by atoms with E-state index in [4.69, 9.17) is 20.8 Å². The van der Waals surface area contributed by atoms with Crippen LogP contribution in [0.25, 0.3) is 11.5 Å². The first kappa shape index (κ1) is 26.8. The molecule has 0 saturated carbocycles. The van der Waals surface area contributed by atoms with Gasteiger partial charge in [0.1, 0.15) is 0 Å². The van der Waals surface area contributed by atoms with E-state index in [0.717, 1.165) is 17.3 Å². The van der Waals surface area contributed by atoms with Gasteiger partial charge in [0.2, 0.25) is 15.9 Å². The molecule has 14 heteroatoms. The van der Waals surface area contributed by atoms with E-state index >= 15 is 0 Å². The number of aromatic nitrogens is 3. The van der Waals surface area contributed by atoms with E-state index in [1.807, 2.05) is 40.4 Å². The zero-order valence-electron chi connectivity index (χ0n) is 19.9. The molecule has 0 spiro atoms. The van der Waals surface area contributed by atoms with Crippen LogP contribution in [0.4, 0.5) is 0 Å². The molecule has 1 amide bonds. The summed E-state index contributed by atoms with van der Waals surface area (Å²) in [6.07, 6.45) is 1.85. The molecule has 1 aliphatic heterocycles. The quantitative estimate of drug-likeness (QED) is 0.285. The number of carbonyl (C=O) groups excluding carboxylic acids is 1. The number of halogens is 1. The second kappa shape index (κ2) is 11.9. The number of carbonyl (C=O) groups is 1. The van der Waals surface area contributed by atoms with Crippen LogP contribution in [-0.2, 0) is 26.1 Å². The van der Waals surface area contributed by atoms with Crippen molar-refractivity contribution in [2.45, 2.75) is 16.7 Å². The van der Waals surface area contributed by atoms with Gasteiger partial charge in [0.05, 0.1) is 30.4 Å². The minimum absolute atomic E-state index is 0.00290. The molecule has 38 heavy (non-hydrogen) atoms. The van der Waals surface area contributed by atoms with Gasteiger partial charge in [-0.15, -0.1) is 21.5 Å². The number of sulfonamides is 1. The van der Waals surface area contributed by atoms with Gasteiger partial charge in [-0.3, -0.25) is 4.79 Å². The molecule has 2 aromatic carbocycles. The lowest BCUT2D eigenvalue weighted by atomic mass is 10.2. The molecule has 2 aromatic heterocycles. The Hall–Kier alpha value is -2.81. The van der Waals surface area contributed by atoms with E-state index in [0.29, 0.717) is 48.2 Å². The van der Waals surface area contributed by atoms with Crippen LogP contribution in [0.2, 0.25) is 5.02 Å². The average molecular weight is 592 g/mol. The lowest BCUT2D eigenvalue weighted by Crippen LogP contribution is -2.40. The number of thioether (sulfide) groups is 1. The molecule has 1 saturated heterocycles. The number of nitrogens with zero attached hydrogens (tertiary/aromatic N) is 5. The van der Waals surface area contributed by atoms with Crippen molar-refractivity contribution in [3.63, 3.8) is 0 Å². The van der Waals surface area contributed by atoms with Crippen LogP contribution in [0.3, 0.4) is 0 Å². The van der Waals surface area contributed by atoms with Gasteiger partial charge in [0.15, 0.2) is 4.80 Å². The summed E-state index contributed by atoms with van der Waals surface area (Å²) >= 11 is 8.67. The van der Waals surface area contributed by atoms with Gasteiger partial charge >= 0.3 is 0 Å². The van der Waals surface area contributed by atoms with Crippen LogP contribution in [0, 0.1) is 0 Å². The van der Waals surface area contributed by atoms with E-state index in [2.05, 4.69) is 15.2 Å². The number of thiazole rings is 1. The van der Waals surface area contributed by atoms with Crippen molar-refractivity contribution in [3.05, 3.63) is 75.5 Å². The van der Waals surface area contributed by atoms with Crippen molar-refractivity contribution >= 4 is 50.6 Å². The van der Waals surface area contributed by atoms with Gasteiger partial charge in [-0.2, -0.15) is 9.30 Å². The Morgan fingerprint density at radius 1 is 1.13 bits per heavy atom. The molecule has 3 heterocycles. The second-order valence-corrected chi connectivity index (χ2v) is 12.3. The predicted molar refractivity (Wildman–Crippen MR) is 143 cm³/mol. The van der Waals surface area contributed by atoms with Crippen molar-refractivity contribution in [2.24, 2.45) is 4.99 Å². The fraction of sp³-hybridized carbons (Fsp3) is 0.250. The van der Waals surface area contributed by atoms with Crippen molar-refractivity contribution in [1.29, 1.82) is 0 Å². The SMILES string of the molecule is O=C(CSc1nnc(-c2cccc(S(=O)(=O)N3CCOCC3)c2)o1)N=c1sccn1Cc1ccccc1Cl. The first-order chi connectivity index (χ1) is 18.4. The Balaban J connectivity index is 1.24. The molecule has 10 nitrogen and oxygen atoms in total. The number of rotatable bonds is 8. The Labute approximate surface area is 232 Å². The van der Waals surface area contributed by atoms with Gasteiger partial charge in [-0.1, -0.05) is 47.6 Å². The van der Waals surface area contributed by atoms with Crippen molar-refractivity contribution in [1.82, 2.24) is 19.1 Å². The molecule has 0 bridgehead atoms. The minimum atomic E-state index is -3.67. The second-order valence-electron chi connectivity index (χ2n) is 8.12. The van der Waals surface area contributed by atoms with E-state index in [-0.39, 0.29) is 27.7 Å². The fourth-order valence-corrected chi connectivity index (χ4v) is 6.63. The number of benzene rings is 2. The highest BCUT2D eigenvalue weighted by atomic mass is 35.5. The molecule has 5 rings (SSSR count). The molecule has 0 radical (unpaired) electrons. The van der Waals surface area contributed by atoms with Crippen LogP contribution in [0.1, 0.15) is 5.56 Å². The Kier molecular flexibility index (Phi) is 8.41. The molecule has 0 atom stereocenters. The standard InChI is InChI=1S/C24H22ClN5O5S3/c25-20-7-2-1-4-18(20)15-29-10-13-36-23(29)26-21(31)16-37-24-28-27-22(35-24)17-5-3-6-19(14-17)38(32,33)30-8-11-34-12-9-30/h1-7,10,13-14H,8-9,11-12,15-16H2. The summed E-state index contributed by atoms with van der Waals surface area (Å²) in [6, 6.07) is 13.9. The Morgan fingerprint density at radius 2 is 1.95 bits per heavy atom. The maximum atomic E-state index is 13.0. The van der Waals surface area contributed by atoms with E-state index in [9.17, 15) is 13.2 Å². The molecular weight excluding hydrogens is 570 g/mol. The van der Waals surface area contributed by atoms with Gasteiger partial charge in [-0.25, -0.2) is 8.42 Å². The molecule has 1 aliphatic rings. The highest BCUT2D eigenvalue weighted by Crippen LogP contribution is 2.26. The summed E-state index contributed by atoms with van der Waals surface area (Å²) in [5, 5.41) is 10.7. The number of ether oxygens (including phenoxy) is 1. The predicted octanol–water partition coefficient (Wildman–Crippen LogP) is 3.54. The number of hydrogen-bond acceptors (Lipinski definition) is 9. The highest BCUT2D eigenvalue weighted by Gasteiger charge is 2.27. The lowest BCUT2D eigenvalue weighted by Gasteiger charge is -2.26. The maximum Gasteiger partial charge on any atom is 0.277 e. The zero-order chi connectivity index (χ0) is 26.5. The zero-order valence-corrected chi connectivity index (χ0v) is 23.1. The average Bonchev–Trinajstić information content (AvgIpc) is 3.59. The first-order valence-electron chi connectivity index (χ1n) is 11.5. The maximum absolute atomic E-state index is 13.0. The summed E-state index contributed by atoms with van der Waals surface area (Å²) in [6.45, 7) is 1.83. The number of amides is 1. The largest absolute Gasteiger partial charge is 0.411 e. The van der Waals surface area contributed by atoms with Gasteiger partial charge in [-0.05, 0) is 29.8 Å². The highest BCUT2D eigenvalue weighted by molar-refractivity contribution is 7.99. The smallest absolute Gasteiger partial charge is 0.277 e. The summed E-state index contributed by atoms with van der Waals surface area (Å²) in [4.78, 5) is 17.5. The molecule has 4 aromatic rings. The van der Waals surface area contributed by atoms with Crippen molar-refractivity contribution in [3.8, 4) is 11.5 Å². The first-order valence-corrected chi connectivity index (χ1v) is 15.2. The minimum Gasteiger partial charge on any atom is -0.411 e. The van der Waals surface area contributed by atoms with Crippen LogP contribution in [0.15, 0.2) is 79.6 Å². The molecule has 0 unspecified atom stereocenters. The molecule has 0 aliphatic carbocycles. The summed E-state index contributed by atoms with van der Waals surface area (Å²) in [5.41, 5.74) is 1.39. The van der Waals surface area contributed by atoms with Gasteiger partial charge in [0.25, 0.3) is 11.1 Å². The third kappa shape index (κ3) is 6.25.